The van der Waals surface area contributed by atoms with E-state index in [0.717, 1.165) is 18.3 Å². The van der Waals surface area contributed by atoms with Crippen LogP contribution in [0.4, 0.5) is 0 Å². The lowest BCUT2D eigenvalue weighted by atomic mass is 9.51. The Hall–Kier alpha value is -1.24. The molecule has 19 heavy (non-hydrogen) atoms. The molecule has 2 bridgehead atoms. The molecule has 1 aromatic rings. The molecule has 1 fully saturated rings. The minimum Gasteiger partial charge on any atom is -0.508 e. The molecular weight excluding hydrogens is 232 g/mol. The van der Waals surface area contributed by atoms with Crippen molar-refractivity contribution in [3.63, 3.8) is 0 Å². The van der Waals surface area contributed by atoms with Crippen LogP contribution in [0.15, 0.2) is 30.9 Å². The first-order valence-electron chi connectivity index (χ1n) is 7.49. The van der Waals surface area contributed by atoms with Crippen molar-refractivity contribution in [1.29, 1.82) is 0 Å². The highest BCUT2D eigenvalue weighted by atomic mass is 16.3. The highest BCUT2D eigenvalue weighted by molar-refractivity contribution is 5.43. The van der Waals surface area contributed by atoms with Gasteiger partial charge in [-0.15, -0.1) is 6.58 Å². The standard InChI is InChI=1S/C18H24O/c1-4-5-13-8-9-18(3)12(2)16(13)10-14-6-7-15(19)11-17(14)18/h4,6-7,11-13,16,19H,1,5,8-10H2,2-3H3/t12?,13?,16-,18-/m1/s1. The highest BCUT2D eigenvalue weighted by Crippen LogP contribution is 2.55. The van der Waals surface area contributed by atoms with Crippen LogP contribution in [0, 0.1) is 17.8 Å². The molecule has 0 heterocycles. The van der Waals surface area contributed by atoms with Crippen molar-refractivity contribution in [2.75, 3.05) is 0 Å². The maximum atomic E-state index is 9.81. The summed E-state index contributed by atoms with van der Waals surface area (Å²) in [6.45, 7) is 8.73. The third-order valence-corrected chi connectivity index (χ3v) is 5.92. The molecule has 102 valence electrons. The van der Waals surface area contributed by atoms with Crippen LogP contribution in [0.2, 0.25) is 0 Å². The molecule has 0 spiro atoms. The van der Waals surface area contributed by atoms with Crippen LogP contribution >= 0.6 is 0 Å². The maximum absolute atomic E-state index is 9.81. The molecule has 1 N–H and O–H groups in total. The Kier molecular flexibility index (Phi) is 2.96. The van der Waals surface area contributed by atoms with E-state index in [1.54, 1.807) is 0 Å². The van der Waals surface area contributed by atoms with Crippen molar-refractivity contribution in [1.82, 2.24) is 0 Å². The van der Waals surface area contributed by atoms with E-state index >= 15 is 0 Å². The van der Waals surface area contributed by atoms with E-state index in [0.29, 0.717) is 11.7 Å². The van der Waals surface area contributed by atoms with Crippen molar-refractivity contribution in [2.45, 2.75) is 44.9 Å². The van der Waals surface area contributed by atoms with Crippen LogP contribution in [-0.2, 0) is 11.8 Å². The van der Waals surface area contributed by atoms with Crippen LogP contribution in [0.3, 0.4) is 0 Å². The summed E-state index contributed by atoms with van der Waals surface area (Å²) in [7, 11) is 0. The Labute approximate surface area is 116 Å². The maximum Gasteiger partial charge on any atom is 0.115 e. The number of benzene rings is 1. The van der Waals surface area contributed by atoms with E-state index in [4.69, 9.17) is 0 Å². The van der Waals surface area contributed by atoms with Gasteiger partial charge in [-0.25, -0.2) is 0 Å². The summed E-state index contributed by atoms with van der Waals surface area (Å²) in [5, 5.41) is 9.81. The van der Waals surface area contributed by atoms with Gasteiger partial charge in [-0.05, 0) is 72.1 Å². The zero-order chi connectivity index (χ0) is 13.6. The largest absolute Gasteiger partial charge is 0.508 e. The average Bonchev–Trinajstić information content (AvgIpc) is 2.38. The fraction of sp³-hybridized carbons (Fsp3) is 0.556. The second-order valence-corrected chi connectivity index (χ2v) is 6.74. The summed E-state index contributed by atoms with van der Waals surface area (Å²) in [5.74, 6) is 2.68. The van der Waals surface area contributed by atoms with Gasteiger partial charge in [0.1, 0.15) is 5.75 Å². The number of phenols is 1. The smallest absolute Gasteiger partial charge is 0.115 e. The molecule has 0 aromatic heterocycles. The van der Waals surface area contributed by atoms with Gasteiger partial charge in [0.15, 0.2) is 0 Å². The summed E-state index contributed by atoms with van der Waals surface area (Å²) >= 11 is 0. The van der Waals surface area contributed by atoms with Gasteiger partial charge >= 0.3 is 0 Å². The summed E-state index contributed by atoms with van der Waals surface area (Å²) in [6, 6.07) is 5.99. The van der Waals surface area contributed by atoms with Crippen LogP contribution in [0.5, 0.6) is 5.75 Å². The van der Waals surface area contributed by atoms with E-state index < -0.39 is 0 Å². The van der Waals surface area contributed by atoms with E-state index in [1.165, 1.54) is 30.4 Å². The summed E-state index contributed by atoms with van der Waals surface area (Å²) in [4.78, 5) is 0. The molecule has 0 amide bonds. The zero-order valence-corrected chi connectivity index (χ0v) is 12.0. The molecule has 2 aliphatic rings. The van der Waals surface area contributed by atoms with Crippen LogP contribution in [-0.4, -0.2) is 5.11 Å². The van der Waals surface area contributed by atoms with Gasteiger partial charge in [0, 0.05) is 0 Å². The summed E-state index contributed by atoms with van der Waals surface area (Å²) in [6.07, 6.45) is 6.95. The topological polar surface area (TPSA) is 20.2 Å². The molecule has 1 nitrogen and oxygen atoms in total. The first-order valence-corrected chi connectivity index (χ1v) is 7.49. The number of hydrogen-bond donors (Lipinski definition) is 1. The molecule has 2 unspecified atom stereocenters. The fourth-order valence-corrected chi connectivity index (χ4v) is 4.57. The molecule has 0 saturated heterocycles. The molecule has 3 rings (SSSR count). The van der Waals surface area contributed by atoms with E-state index in [-0.39, 0.29) is 5.41 Å². The van der Waals surface area contributed by atoms with Gasteiger partial charge in [-0.2, -0.15) is 0 Å². The van der Waals surface area contributed by atoms with Crippen molar-refractivity contribution in [3.05, 3.63) is 42.0 Å². The van der Waals surface area contributed by atoms with Gasteiger partial charge in [0.25, 0.3) is 0 Å². The van der Waals surface area contributed by atoms with E-state index in [2.05, 4.69) is 32.6 Å². The molecule has 0 radical (unpaired) electrons. The summed E-state index contributed by atoms with van der Waals surface area (Å²) in [5.41, 5.74) is 3.10. The predicted octanol–water partition coefficient (Wildman–Crippen LogP) is 4.44. The quantitative estimate of drug-likeness (QED) is 0.775. The van der Waals surface area contributed by atoms with Crippen LogP contribution < -0.4 is 0 Å². The molecule has 2 aliphatic carbocycles. The Bertz CT molecular complexity index is 504. The number of aromatic hydroxyl groups is 1. The average molecular weight is 256 g/mol. The van der Waals surface area contributed by atoms with Gasteiger partial charge < -0.3 is 5.11 Å². The fourth-order valence-electron chi connectivity index (χ4n) is 4.57. The minimum absolute atomic E-state index is 0.245. The lowest BCUT2D eigenvalue weighted by Crippen LogP contribution is -2.47. The number of hydrogen-bond acceptors (Lipinski definition) is 1. The van der Waals surface area contributed by atoms with E-state index in [1.807, 2.05) is 12.1 Å². The van der Waals surface area contributed by atoms with E-state index in [9.17, 15) is 5.11 Å². The Morgan fingerprint density at radius 3 is 3.00 bits per heavy atom. The number of allylic oxidation sites excluding steroid dienone is 1. The minimum atomic E-state index is 0.245. The lowest BCUT2D eigenvalue weighted by Gasteiger charge is -2.53. The Balaban J connectivity index is 2.06. The first kappa shape index (κ1) is 12.8. The molecular formula is C18H24O. The molecule has 1 saturated carbocycles. The third-order valence-electron chi connectivity index (χ3n) is 5.92. The monoisotopic (exact) mass is 256 g/mol. The normalized spacial score (nSPS) is 36.6. The predicted molar refractivity (Wildman–Crippen MR) is 79.4 cm³/mol. The zero-order valence-electron chi connectivity index (χ0n) is 12.0. The van der Waals surface area contributed by atoms with Gasteiger partial charge in [-0.1, -0.05) is 26.0 Å². The molecule has 4 atom stereocenters. The van der Waals surface area contributed by atoms with Crippen LogP contribution in [0.25, 0.3) is 0 Å². The van der Waals surface area contributed by atoms with Gasteiger partial charge in [0.2, 0.25) is 0 Å². The Morgan fingerprint density at radius 2 is 2.26 bits per heavy atom. The molecule has 1 aromatic carbocycles. The number of fused-ring (bicyclic) bond motifs is 4. The second kappa shape index (κ2) is 4.40. The SMILES string of the molecule is C=CCC1CC[C@@]2(C)c3cc(O)ccc3C[C@@H]1C2C. The Morgan fingerprint density at radius 1 is 1.47 bits per heavy atom. The van der Waals surface area contributed by atoms with Gasteiger partial charge in [0.05, 0.1) is 0 Å². The van der Waals surface area contributed by atoms with Crippen LogP contribution in [0.1, 0.15) is 44.2 Å². The van der Waals surface area contributed by atoms with Crippen molar-refractivity contribution in [2.24, 2.45) is 17.8 Å². The second-order valence-electron chi connectivity index (χ2n) is 6.74. The van der Waals surface area contributed by atoms with Crippen molar-refractivity contribution in [3.8, 4) is 5.75 Å². The van der Waals surface area contributed by atoms with Gasteiger partial charge in [-0.3, -0.25) is 0 Å². The molecule has 1 heteroatoms. The first-order chi connectivity index (χ1) is 9.06. The lowest BCUT2D eigenvalue weighted by molar-refractivity contribution is 0.0681. The third kappa shape index (κ3) is 1.82. The summed E-state index contributed by atoms with van der Waals surface area (Å²) < 4.78 is 0. The molecule has 0 aliphatic heterocycles. The van der Waals surface area contributed by atoms with Crippen molar-refractivity contribution >= 4 is 0 Å². The highest BCUT2D eigenvalue weighted by Gasteiger charge is 2.48. The van der Waals surface area contributed by atoms with Crippen molar-refractivity contribution < 1.29 is 5.11 Å². The number of phenolic OH excluding ortho intramolecular Hbond substituents is 1. The number of rotatable bonds is 2.